The fourth-order valence-electron chi connectivity index (χ4n) is 2.65. The molecule has 0 amide bonds. The summed E-state index contributed by atoms with van der Waals surface area (Å²) in [5, 5.41) is 8.80. The van der Waals surface area contributed by atoms with E-state index in [9.17, 15) is 13.2 Å². The molecule has 0 aromatic heterocycles. The normalized spacial score (nSPS) is 10.8. The van der Waals surface area contributed by atoms with E-state index in [1.54, 1.807) is 44.2 Å². The summed E-state index contributed by atoms with van der Waals surface area (Å²) in [6.45, 7) is 3.08. The molecule has 0 saturated carbocycles. The van der Waals surface area contributed by atoms with E-state index in [0.29, 0.717) is 17.0 Å². The van der Waals surface area contributed by atoms with Gasteiger partial charge >= 0.3 is 5.97 Å². The molecule has 8 heteroatoms. The summed E-state index contributed by atoms with van der Waals surface area (Å²) < 4.78 is 37.6. The Balaban J connectivity index is 2.49. The molecule has 0 aliphatic heterocycles. The molecule has 0 aliphatic rings. The summed E-state index contributed by atoms with van der Waals surface area (Å²) >= 11 is 0. The third kappa shape index (κ3) is 4.81. The van der Waals surface area contributed by atoms with Crippen molar-refractivity contribution in [3.63, 3.8) is 0 Å². The van der Waals surface area contributed by atoms with Crippen molar-refractivity contribution < 1.29 is 22.7 Å². The molecule has 7 nitrogen and oxygen atoms in total. The molecule has 0 N–H and O–H groups in total. The molecule has 2 aromatic rings. The Kier molecular flexibility index (Phi) is 7.01. The van der Waals surface area contributed by atoms with Crippen molar-refractivity contribution in [1.29, 1.82) is 5.26 Å². The number of hydrogen-bond donors (Lipinski definition) is 0. The number of nitriles is 1. The minimum Gasteiger partial charge on any atom is -0.496 e. The summed E-state index contributed by atoms with van der Waals surface area (Å²) in [5.41, 5.74) is 1.72. The van der Waals surface area contributed by atoms with Crippen molar-refractivity contribution in [3.05, 3.63) is 53.6 Å². The van der Waals surface area contributed by atoms with Crippen molar-refractivity contribution >= 4 is 21.7 Å². The van der Waals surface area contributed by atoms with Crippen molar-refractivity contribution in [2.45, 2.75) is 25.2 Å². The number of esters is 1. The largest absolute Gasteiger partial charge is 0.496 e. The molecule has 148 valence electrons. The third-order valence-corrected chi connectivity index (χ3v) is 5.81. The number of hydrogen-bond acceptors (Lipinski definition) is 6. The van der Waals surface area contributed by atoms with E-state index < -0.39 is 22.5 Å². The molecule has 0 heterocycles. The van der Waals surface area contributed by atoms with Gasteiger partial charge in [0.15, 0.2) is 0 Å². The van der Waals surface area contributed by atoms with Crippen LogP contribution in [0, 0.1) is 18.3 Å². The number of carbonyl (C=O) groups excluding carboxylic acids is 1. The van der Waals surface area contributed by atoms with Crippen molar-refractivity contribution in [3.8, 4) is 11.8 Å². The zero-order chi connectivity index (χ0) is 20.7. The number of aryl methyl sites for hydroxylation is 1. The Morgan fingerprint density at radius 2 is 1.86 bits per heavy atom. The topological polar surface area (TPSA) is 96.7 Å². The summed E-state index contributed by atoms with van der Waals surface area (Å²) in [6, 6.07) is 13.0. The predicted octanol–water partition coefficient (Wildman–Crippen LogP) is 2.83. The number of carbonyl (C=O) groups is 1. The minimum atomic E-state index is -4.03. The maximum atomic E-state index is 13.3. The van der Waals surface area contributed by atoms with E-state index in [-0.39, 0.29) is 17.9 Å². The number of rotatable bonds is 8. The van der Waals surface area contributed by atoms with Crippen LogP contribution in [0.25, 0.3) is 0 Å². The van der Waals surface area contributed by atoms with Crippen LogP contribution in [0.2, 0.25) is 0 Å². The molecule has 28 heavy (non-hydrogen) atoms. The van der Waals surface area contributed by atoms with Gasteiger partial charge in [-0.1, -0.05) is 12.1 Å². The van der Waals surface area contributed by atoms with Gasteiger partial charge in [0, 0.05) is 0 Å². The Hall–Kier alpha value is -3.05. The van der Waals surface area contributed by atoms with Crippen LogP contribution < -0.4 is 9.04 Å². The van der Waals surface area contributed by atoms with Crippen LogP contribution in [0.15, 0.2) is 47.4 Å². The molecule has 0 aliphatic carbocycles. The Labute approximate surface area is 165 Å². The van der Waals surface area contributed by atoms with E-state index in [2.05, 4.69) is 0 Å². The second kappa shape index (κ2) is 9.24. The molecule has 2 rings (SSSR count). The standard InChI is InChI=1S/C20H22N2O5S/c1-4-27-20(23)14-22(17-7-5-16(6-8-17)11-12-21)28(24,25)18-9-10-19(26-3)15(2)13-18/h5-10,13H,4,11,14H2,1-3H3. The number of sulfonamides is 1. The number of benzene rings is 2. The maximum Gasteiger partial charge on any atom is 0.326 e. The van der Waals surface area contributed by atoms with Gasteiger partial charge in [-0.25, -0.2) is 8.42 Å². The quantitative estimate of drug-likeness (QED) is 0.630. The second-order valence-electron chi connectivity index (χ2n) is 5.95. The summed E-state index contributed by atoms with van der Waals surface area (Å²) in [7, 11) is -2.52. The average molecular weight is 402 g/mol. The van der Waals surface area contributed by atoms with Crippen molar-refractivity contribution in [1.82, 2.24) is 0 Å². The van der Waals surface area contributed by atoms with Gasteiger partial charge in [-0.3, -0.25) is 9.10 Å². The number of nitrogens with zero attached hydrogens (tertiary/aromatic N) is 2. The van der Waals surface area contributed by atoms with Gasteiger partial charge in [-0.05, 0) is 55.3 Å². The molecule has 0 atom stereocenters. The maximum absolute atomic E-state index is 13.3. The minimum absolute atomic E-state index is 0.0381. The molecule has 0 unspecified atom stereocenters. The smallest absolute Gasteiger partial charge is 0.326 e. The van der Waals surface area contributed by atoms with Gasteiger partial charge in [0.25, 0.3) is 10.0 Å². The highest BCUT2D eigenvalue weighted by Crippen LogP contribution is 2.27. The van der Waals surface area contributed by atoms with Crippen LogP contribution in [0.3, 0.4) is 0 Å². The highest BCUT2D eigenvalue weighted by atomic mass is 32.2. The van der Waals surface area contributed by atoms with Crippen LogP contribution in [-0.4, -0.2) is 34.6 Å². The number of methoxy groups -OCH3 is 1. The molecule has 0 radical (unpaired) electrons. The molecule has 0 saturated heterocycles. The molecular formula is C20H22N2O5S. The summed E-state index contributed by atoms with van der Waals surface area (Å²) in [4.78, 5) is 12.1. The fourth-order valence-corrected chi connectivity index (χ4v) is 4.14. The predicted molar refractivity (Wildman–Crippen MR) is 105 cm³/mol. The van der Waals surface area contributed by atoms with Gasteiger partial charge in [-0.2, -0.15) is 5.26 Å². The van der Waals surface area contributed by atoms with E-state index in [1.165, 1.54) is 19.2 Å². The third-order valence-electron chi connectivity index (χ3n) is 4.04. The molecular weight excluding hydrogens is 380 g/mol. The molecule has 0 bridgehead atoms. The lowest BCUT2D eigenvalue weighted by atomic mass is 10.1. The lowest BCUT2D eigenvalue weighted by molar-refractivity contribution is -0.141. The first kappa shape index (κ1) is 21.3. The summed E-state index contributed by atoms with van der Waals surface area (Å²) in [5.74, 6) is -0.0887. The second-order valence-corrected chi connectivity index (χ2v) is 7.81. The monoisotopic (exact) mass is 402 g/mol. The van der Waals surface area contributed by atoms with E-state index in [0.717, 1.165) is 9.87 Å². The van der Waals surface area contributed by atoms with Crippen molar-refractivity contribution in [2.75, 3.05) is 24.6 Å². The molecule has 2 aromatic carbocycles. The lowest BCUT2D eigenvalue weighted by Gasteiger charge is -2.24. The van der Waals surface area contributed by atoms with Crippen LogP contribution in [-0.2, 0) is 26.0 Å². The average Bonchev–Trinajstić information content (AvgIpc) is 2.67. The zero-order valence-electron chi connectivity index (χ0n) is 16.0. The summed E-state index contributed by atoms with van der Waals surface area (Å²) in [6.07, 6.45) is 0.211. The number of ether oxygens (including phenoxy) is 2. The first-order chi connectivity index (χ1) is 13.3. The van der Waals surface area contributed by atoms with E-state index in [4.69, 9.17) is 14.7 Å². The van der Waals surface area contributed by atoms with Gasteiger partial charge < -0.3 is 9.47 Å². The van der Waals surface area contributed by atoms with Crippen LogP contribution in [0.4, 0.5) is 5.69 Å². The highest BCUT2D eigenvalue weighted by Gasteiger charge is 2.28. The Bertz CT molecular complexity index is 979. The van der Waals surface area contributed by atoms with Crippen LogP contribution in [0.1, 0.15) is 18.1 Å². The Morgan fingerprint density at radius 1 is 1.18 bits per heavy atom. The van der Waals surface area contributed by atoms with E-state index >= 15 is 0 Å². The lowest BCUT2D eigenvalue weighted by Crippen LogP contribution is -2.36. The molecule has 0 spiro atoms. The highest BCUT2D eigenvalue weighted by molar-refractivity contribution is 7.92. The van der Waals surface area contributed by atoms with Gasteiger partial charge in [0.2, 0.25) is 0 Å². The number of anilines is 1. The Morgan fingerprint density at radius 3 is 2.39 bits per heavy atom. The fraction of sp³-hybridized carbons (Fsp3) is 0.300. The van der Waals surface area contributed by atoms with Crippen LogP contribution >= 0.6 is 0 Å². The SMILES string of the molecule is CCOC(=O)CN(c1ccc(CC#N)cc1)S(=O)(=O)c1ccc(OC)c(C)c1. The first-order valence-corrected chi connectivity index (χ1v) is 10.1. The van der Waals surface area contributed by atoms with E-state index in [1.807, 2.05) is 6.07 Å². The van der Waals surface area contributed by atoms with Crippen molar-refractivity contribution in [2.24, 2.45) is 0 Å². The zero-order valence-corrected chi connectivity index (χ0v) is 16.8. The van der Waals surface area contributed by atoms with Gasteiger partial charge in [-0.15, -0.1) is 0 Å². The molecule has 0 fully saturated rings. The first-order valence-electron chi connectivity index (χ1n) is 8.62. The van der Waals surface area contributed by atoms with Gasteiger partial charge in [0.1, 0.15) is 12.3 Å². The van der Waals surface area contributed by atoms with Gasteiger partial charge in [0.05, 0.1) is 36.8 Å². The van der Waals surface area contributed by atoms with Crippen LogP contribution in [0.5, 0.6) is 5.75 Å².